The number of morpholine rings is 1. The predicted octanol–water partition coefficient (Wildman–Crippen LogP) is 2.84. The lowest BCUT2D eigenvalue weighted by atomic mass is 9.90. The molecule has 0 radical (unpaired) electrons. The number of benzene rings is 2. The SMILES string of the molecule is COC(=O)[C@@H](CC(C)C)NC(=O)C(CC(=O)c1cccc(S(=O)(=O)N2CCOCC2)c1)Cc1ccccc1. The number of ketones is 1. The van der Waals surface area contributed by atoms with E-state index < -0.39 is 33.9 Å². The molecule has 0 bridgehead atoms. The monoisotopic (exact) mass is 544 g/mol. The molecule has 2 aromatic rings. The number of amides is 1. The van der Waals surface area contributed by atoms with E-state index in [2.05, 4.69) is 5.32 Å². The number of carbonyl (C=O) groups excluding carboxylic acids is 3. The van der Waals surface area contributed by atoms with Crippen LogP contribution in [-0.4, -0.2) is 69.8 Å². The molecule has 1 aliphatic rings. The molecule has 1 heterocycles. The van der Waals surface area contributed by atoms with E-state index in [0.717, 1.165) is 5.56 Å². The van der Waals surface area contributed by atoms with Gasteiger partial charge in [0.25, 0.3) is 0 Å². The summed E-state index contributed by atoms with van der Waals surface area (Å²) >= 11 is 0. The molecule has 0 saturated carbocycles. The van der Waals surface area contributed by atoms with E-state index in [0.29, 0.717) is 19.6 Å². The number of nitrogens with zero attached hydrogens (tertiary/aromatic N) is 1. The molecule has 1 saturated heterocycles. The minimum absolute atomic E-state index is 0.0250. The van der Waals surface area contributed by atoms with Gasteiger partial charge in [0, 0.05) is 31.0 Å². The van der Waals surface area contributed by atoms with Gasteiger partial charge in [-0.1, -0.05) is 56.3 Å². The molecular formula is C28H36N2O7S. The predicted molar refractivity (Wildman–Crippen MR) is 142 cm³/mol. The second-order valence-corrected chi connectivity index (χ2v) is 11.7. The Hall–Kier alpha value is -3.08. The molecule has 1 amide bonds. The van der Waals surface area contributed by atoms with Crippen molar-refractivity contribution in [3.63, 3.8) is 0 Å². The van der Waals surface area contributed by atoms with Crippen LogP contribution >= 0.6 is 0 Å². The van der Waals surface area contributed by atoms with Crippen molar-refractivity contribution in [3.05, 3.63) is 65.7 Å². The van der Waals surface area contributed by atoms with Gasteiger partial charge in [-0.2, -0.15) is 4.31 Å². The van der Waals surface area contributed by atoms with Gasteiger partial charge in [0.05, 0.1) is 25.2 Å². The van der Waals surface area contributed by atoms with Gasteiger partial charge in [0.2, 0.25) is 15.9 Å². The second-order valence-electron chi connectivity index (χ2n) is 9.77. The molecule has 206 valence electrons. The maximum Gasteiger partial charge on any atom is 0.328 e. The van der Waals surface area contributed by atoms with Gasteiger partial charge >= 0.3 is 5.97 Å². The minimum Gasteiger partial charge on any atom is -0.467 e. The maximum atomic E-state index is 13.4. The Kier molecular flexibility index (Phi) is 10.6. The highest BCUT2D eigenvalue weighted by atomic mass is 32.2. The van der Waals surface area contributed by atoms with Crippen molar-refractivity contribution in [2.24, 2.45) is 11.8 Å². The van der Waals surface area contributed by atoms with Crippen molar-refractivity contribution in [3.8, 4) is 0 Å². The number of hydrogen-bond donors (Lipinski definition) is 1. The molecule has 10 heteroatoms. The van der Waals surface area contributed by atoms with Crippen molar-refractivity contribution < 1.29 is 32.3 Å². The first-order chi connectivity index (χ1) is 18.1. The first-order valence-electron chi connectivity index (χ1n) is 12.7. The Labute approximate surface area is 224 Å². The van der Waals surface area contributed by atoms with Gasteiger partial charge in [-0.3, -0.25) is 9.59 Å². The third-order valence-corrected chi connectivity index (χ3v) is 8.30. The van der Waals surface area contributed by atoms with E-state index in [1.165, 1.54) is 29.6 Å². The Morgan fingerprint density at radius 2 is 1.71 bits per heavy atom. The van der Waals surface area contributed by atoms with Crippen LogP contribution < -0.4 is 5.32 Å². The summed E-state index contributed by atoms with van der Waals surface area (Å²) in [6.45, 7) is 5.00. The van der Waals surface area contributed by atoms with Crippen molar-refractivity contribution >= 4 is 27.7 Å². The average Bonchev–Trinajstić information content (AvgIpc) is 2.92. The van der Waals surface area contributed by atoms with Crippen LogP contribution in [0, 0.1) is 11.8 Å². The quantitative estimate of drug-likeness (QED) is 0.322. The van der Waals surface area contributed by atoms with Gasteiger partial charge < -0.3 is 14.8 Å². The van der Waals surface area contributed by atoms with Gasteiger partial charge in [-0.15, -0.1) is 0 Å². The summed E-state index contributed by atoms with van der Waals surface area (Å²) in [5, 5.41) is 2.77. The number of ether oxygens (including phenoxy) is 2. The molecule has 9 nitrogen and oxygen atoms in total. The fraction of sp³-hybridized carbons (Fsp3) is 0.464. The van der Waals surface area contributed by atoms with Crippen LogP contribution in [0.3, 0.4) is 0 Å². The highest BCUT2D eigenvalue weighted by Gasteiger charge is 2.30. The standard InChI is InChI=1S/C28H36N2O7S/c1-20(2)16-25(28(33)36-3)29-27(32)23(17-21-8-5-4-6-9-21)19-26(31)22-10-7-11-24(18-22)38(34,35)30-12-14-37-15-13-30/h4-11,18,20,23,25H,12-17,19H2,1-3H3,(H,29,32)/t23?,25-/m1/s1. The number of methoxy groups -OCH3 is 1. The molecule has 38 heavy (non-hydrogen) atoms. The minimum atomic E-state index is -3.78. The third-order valence-electron chi connectivity index (χ3n) is 6.40. The van der Waals surface area contributed by atoms with Crippen LogP contribution in [0.15, 0.2) is 59.5 Å². The first kappa shape index (κ1) is 29.5. The smallest absolute Gasteiger partial charge is 0.328 e. The van der Waals surface area contributed by atoms with E-state index in [1.54, 1.807) is 6.07 Å². The van der Waals surface area contributed by atoms with Crippen molar-refractivity contribution in [2.45, 2.75) is 44.0 Å². The largest absolute Gasteiger partial charge is 0.467 e. The number of Topliss-reactive ketones (excluding diaryl/α,β-unsaturated/α-hetero) is 1. The van der Waals surface area contributed by atoms with Crippen LogP contribution in [-0.2, 0) is 35.5 Å². The van der Waals surface area contributed by atoms with Crippen molar-refractivity contribution in [1.82, 2.24) is 9.62 Å². The number of rotatable bonds is 12. The van der Waals surface area contributed by atoms with Gasteiger partial charge in [-0.25, -0.2) is 13.2 Å². The summed E-state index contributed by atoms with van der Waals surface area (Å²) in [6, 6.07) is 14.4. The fourth-order valence-corrected chi connectivity index (χ4v) is 5.84. The zero-order valence-electron chi connectivity index (χ0n) is 22.1. The van der Waals surface area contributed by atoms with Crippen LogP contribution in [0.4, 0.5) is 0 Å². The number of esters is 1. The molecule has 1 unspecified atom stereocenters. The summed E-state index contributed by atoms with van der Waals surface area (Å²) in [5.41, 5.74) is 1.07. The molecular weight excluding hydrogens is 508 g/mol. The van der Waals surface area contributed by atoms with E-state index in [4.69, 9.17) is 9.47 Å². The van der Waals surface area contributed by atoms with E-state index in [-0.39, 0.29) is 48.1 Å². The summed E-state index contributed by atoms with van der Waals surface area (Å²) in [6.07, 6.45) is 0.517. The molecule has 0 aliphatic carbocycles. The van der Waals surface area contributed by atoms with Crippen LogP contribution in [0.2, 0.25) is 0 Å². The first-order valence-corrected chi connectivity index (χ1v) is 14.2. The third kappa shape index (κ3) is 7.96. The molecule has 0 spiro atoms. The molecule has 1 N–H and O–H groups in total. The Balaban J connectivity index is 1.83. The van der Waals surface area contributed by atoms with Crippen LogP contribution in [0.5, 0.6) is 0 Å². The number of sulfonamides is 1. The summed E-state index contributed by atoms with van der Waals surface area (Å²) in [4.78, 5) is 39.1. The van der Waals surface area contributed by atoms with Gasteiger partial charge in [0.15, 0.2) is 5.78 Å². The highest BCUT2D eigenvalue weighted by molar-refractivity contribution is 7.89. The van der Waals surface area contributed by atoms with Gasteiger partial charge in [-0.05, 0) is 36.5 Å². The molecule has 2 atom stereocenters. The molecule has 2 aromatic carbocycles. The molecule has 3 rings (SSSR count). The number of carbonyl (C=O) groups is 3. The van der Waals surface area contributed by atoms with E-state index in [1.807, 2.05) is 44.2 Å². The zero-order valence-corrected chi connectivity index (χ0v) is 22.9. The second kappa shape index (κ2) is 13.6. The van der Waals surface area contributed by atoms with Crippen LogP contribution in [0.25, 0.3) is 0 Å². The summed E-state index contributed by atoms with van der Waals surface area (Å²) in [5.74, 6) is -1.99. The maximum absolute atomic E-state index is 13.4. The lowest BCUT2D eigenvalue weighted by Gasteiger charge is -2.26. The van der Waals surface area contributed by atoms with Crippen LogP contribution in [0.1, 0.15) is 42.6 Å². The fourth-order valence-electron chi connectivity index (χ4n) is 4.38. The Morgan fingerprint density at radius 1 is 1.03 bits per heavy atom. The lowest BCUT2D eigenvalue weighted by molar-refractivity contribution is -0.146. The zero-order chi connectivity index (χ0) is 27.7. The average molecular weight is 545 g/mol. The summed E-state index contributed by atoms with van der Waals surface area (Å²) in [7, 11) is -2.51. The van der Waals surface area contributed by atoms with E-state index >= 15 is 0 Å². The number of nitrogens with one attached hydrogen (secondary N) is 1. The Morgan fingerprint density at radius 3 is 2.34 bits per heavy atom. The highest BCUT2D eigenvalue weighted by Crippen LogP contribution is 2.22. The van der Waals surface area contributed by atoms with Gasteiger partial charge in [0.1, 0.15) is 6.04 Å². The molecule has 1 fully saturated rings. The number of hydrogen-bond acceptors (Lipinski definition) is 7. The topological polar surface area (TPSA) is 119 Å². The molecule has 1 aliphatic heterocycles. The van der Waals surface area contributed by atoms with E-state index in [9.17, 15) is 22.8 Å². The Bertz CT molecular complexity index is 1210. The van der Waals surface area contributed by atoms with Crippen molar-refractivity contribution in [1.29, 1.82) is 0 Å². The normalized spacial score (nSPS) is 16.0. The lowest BCUT2D eigenvalue weighted by Crippen LogP contribution is -2.45. The molecule has 0 aromatic heterocycles. The van der Waals surface area contributed by atoms with Crippen molar-refractivity contribution in [2.75, 3.05) is 33.4 Å². The summed E-state index contributed by atoms with van der Waals surface area (Å²) < 4.78 is 37.6.